The van der Waals surface area contributed by atoms with E-state index >= 15 is 0 Å². The van der Waals surface area contributed by atoms with Gasteiger partial charge in [-0.15, -0.1) is 0 Å². The summed E-state index contributed by atoms with van der Waals surface area (Å²) in [5.41, 5.74) is 8.56. The van der Waals surface area contributed by atoms with Crippen LogP contribution in [0.2, 0.25) is 0 Å². The molecule has 2 aromatic carbocycles. The van der Waals surface area contributed by atoms with Crippen molar-refractivity contribution >= 4 is 45.1 Å². The van der Waals surface area contributed by atoms with Crippen LogP contribution in [0.1, 0.15) is 23.2 Å². The van der Waals surface area contributed by atoms with Gasteiger partial charge >= 0.3 is 0 Å². The summed E-state index contributed by atoms with van der Waals surface area (Å²) in [6.07, 6.45) is 2.96. The standard InChI is InChI=1S/C23H22N6O2/c24-21(30)14-8-11-29(12-9-14)23(31)18-4-1-3-15-13-16(6-7-17(15)18)26-22-20-19(27-28-22)5-2-10-25-20/h1-7,10,13-14H,8-9,11-12H2,(H2,24,30)(H2,26,27,28). The van der Waals surface area contributed by atoms with E-state index in [-0.39, 0.29) is 17.7 Å². The predicted molar refractivity (Wildman–Crippen MR) is 119 cm³/mol. The number of aromatic nitrogens is 3. The Morgan fingerprint density at radius 3 is 2.74 bits per heavy atom. The van der Waals surface area contributed by atoms with Crippen LogP contribution in [0.15, 0.2) is 54.7 Å². The number of H-pyrrole nitrogens is 1. The van der Waals surface area contributed by atoms with E-state index in [1.165, 1.54) is 0 Å². The summed E-state index contributed by atoms with van der Waals surface area (Å²) in [6, 6.07) is 15.4. The van der Waals surface area contributed by atoms with Crippen molar-refractivity contribution in [1.82, 2.24) is 20.1 Å². The van der Waals surface area contributed by atoms with Crippen molar-refractivity contribution in [1.29, 1.82) is 0 Å². The van der Waals surface area contributed by atoms with Crippen molar-refractivity contribution in [3.05, 3.63) is 60.3 Å². The molecule has 1 aliphatic heterocycles. The molecule has 31 heavy (non-hydrogen) atoms. The fourth-order valence-electron chi connectivity index (χ4n) is 4.16. The molecule has 8 nitrogen and oxygen atoms in total. The predicted octanol–water partition coefficient (Wildman–Crippen LogP) is 3.19. The van der Waals surface area contributed by atoms with Crippen LogP contribution in [0.5, 0.6) is 0 Å². The topological polar surface area (TPSA) is 117 Å². The summed E-state index contributed by atoms with van der Waals surface area (Å²) in [6.45, 7) is 1.09. The number of carbonyl (C=O) groups excluding carboxylic acids is 2. The Kier molecular flexibility index (Phi) is 4.74. The molecule has 8 heteroatoms. The second kappa shape index (κ2) is 7.71. The monoisotopic (exact) mass is 414 g/mol. The number of nitrogens with zero attached hydrogens (tertiary/aromatic N) is 3. The number of nitrogens with one attached hydrogen (secondary N) is 2. The number of primary amides is 1. The maximum absolute atomic E-state index is 13.1. The van der Waals surface area contributed by atoms with E-state index in [0.717, 1.165) is 27.5 Å². The minimum Gasteiger partial charge on any atom is -0.369 e. The lowest BCUT2D eigenvalue weighted by Crippen LogP contribution is -2.41. The van der Waals surface area contributed by atoms with Crippen molar-refractivity contribution in [2.45, 2.75) is 12.8 Å². The van der Waals surface area contributed by atoms with Gasteiger partial charge in [0.2, 0.25) is 5.91 Å². The number of rotatable bonds is 4. The van der Waals surface area contributed by atoms with Crippen LogP contribution in [0, 0.1) is 5.92 Å². The van der Waals surface area contributed by atoms with Gasteiger partial charge in [-0.2, -0.15) is 5.10 Å². The number of hydrogen-bond donors (Lipinski definition) is 3. The Bertz CT molecular complexity index is 1290. The molecular formula is C23H22N6O2. The first-order chi connectivity index (χ1) is 15.1. The lowest BCUT2D eigenvalue weighted by molar-refractivity contribution is -0.123. The van der Waals surface area contributed by atoms with E-state index in [1.807, 2.05) is 53.4 Å². The molecule has 1 aliphatic rings. The highest BCUT2D eigenvalue weighted by atomic mass is 16.2. The molecule has 0 radical (unpaired) electrons. The molecule has 0 aliphatic carbocycles. The molecule has 0 saturated carbocycles. The van der Waals surface area contributed by atoms with Gasteiger partial charge in [-0.05, 0) is 53.9 Å². The van der Waals surface area contributed by atoms with E-state index in [1.54, 1.807) is 6.20 Å². The molecule has 1 saturated heterocycles. The second-order valence-electron chi connectivity index (χ2n) is 7.81. The molecule has 5 rings (SSSR count). The molecular weight excluding hydrogens is 392 g/mol. The van der Waals surface area contributed by atoms with E-state index in [2.05, 4.69) is 20.5 Å². The number of anilines is 2. The number of benzene rings is 2. The van der Waals surface area contributed by atoms with Crippen molar-refractivity contribution in [3.8, 4) is 0 Å². The van der Waals surface area contributed by atoms with Crippen LogP contribution in [-0.4, -0.2) is 45.0 Å². The average molecular weight is 414 g/mol. The second-order valence-corrected chi connectivity index (χ2v) is 7.81. The number of amides is 2. The van der Waals surface area contributed by atoms with Crippen LogP contribution in [-0.2, 0) is 4.79 Å². The summed E-state index contributed by atoms with van der Waals surface area (Å²) >= 11 is 0. The average Bonchev–Trinajstić information content (AvgIpc) is 3.21. The van der Waals surface area contributed by atoms with Gasteiger partial charge in [-0.3, -0.25) is 19.7 Å². The first-order valence-electron chi connectivity index (χ1n) is 10.3. The number of carbonyl (C=O) groups is 2. The molecule has 156 valence electrons. The Labute approximate surface area is 178 Å². The SMILES string of the molecule is NC(=O)C1CCN(C(=O)c2cccc3cc(Nc4n[nH]c5cccnc45)ccc23)CC1. The van der Waals surface area contributed by atoms with Crippen LogP contribution in [0.25, 0.3) is 21.8 Å². The van der Waals surface area contributed by atoms with Gasteiger partial charge in [0.05, 0.1) is 5.52 Å². The number of hydrogen-bond acceptors (Lipinski definition) is 5. The fourth-order valence-corrected chi connectivity index (χ4v) is 4.16. The quantitative estimate of drug-likeness (QED) is 0.474. The van der Waals surface area contributed by atoms with Crippen LogP contribution in [0.4, 0.5) is 11.5 Å². The smallest absolute Gasteiger partial charge is 0.254 e. The minimum atomic E-state index is -0.280. The van der Waals surface area contributed by atoms with Gasteiger partial charge in [0.25, 0.3) is 5.91 Å². The summed E-state index contributed by atoms with van der Waals surface area (Å²) in [5, 5.41) is 12.4. The van der Waals surface area contributed by atoms with Crippen LogP contribution in [0.3, 0.4) is 0 Å². The van der Waals surface area contributed by atoms with Gasteiger partial charge in [-0.25, -0.2) is 0 Å². The van der Waals surface area contributed by atoms with Gasteiger partial charge in [0, 0.05) is 36.5 Å². The van der Waals surface area contributed by atoms with E-state index in [0.29, 0.717) is 37.3 Å². The summed E-state index contributed by atoms with van der Waals surface area (Å²) in [7, 11) is 0. The lowest BCUT2D eigenvalue weighted by atomic mass is 9.95. The fraction of sp³-hybridized carbons (Fsp3) is 0.217. The van der Waals surface area contributed by atoms with Gasteiger partial charge < -0.3 is 16.0 Å². The molecule has 0 spiro atoms. The minimum absolute atomic E-state index is 0.0169. The first kappa shape index (κ1) is 19.0. The highest BCUT2D eigenvalue weighted by Crippen LogP contribution is 2.28. The Hall–Kier alpha value is -3.94. The van der Waals surface area contributed by atoms with Crippen LogP contribution >= 0.6 is 0 Å². The lowest BCUT2D eigenvalue weighted by Gasteiger charge is -2.31. The van der Waals surface area contributed by atoms with Crippen molar-refractivity contribution in [2.24, 2.45) is 11.7 Å². The maximum Gasteiger partial charge on any atom is 0.254 e. The van der Waals surface area contributed by atoms with Crippen molar-refractivity contribution < 1.29 is 9.59 Å². The molecule has 4 N–H and O–H groups in total. The molecule has 2 amide bonds. The molecule has 1 fully saturated rings. The van der Waals surface area contributed by atoms with Crippen LogP contribution < -0.4 is 11.1 Å². The molecule has 0 unspecified atom stereocenters. The summed E-state index contributed by atoms with van der Waals surface area (Å²) in [4.78, 5) is 30.7. The zero-order valence-corrected chi connectivity index (χ0v) is 16.8. The summed E-state index contributed by atoms with van der Waals surface area (Å²) < 4.78 is 0. The van der Waals surface area contributed by atoms with Gasteiger partial charge in [-0.1, -0.05) is 18.2 Å². The Balaban J connectivity index is 1.40. The molecule has 2 aromatic heterocycles. The zero-order valence-electron chi connectivity index (χ0n) is 16.8. The third kappa shape index (κ3) is 3.56. The third-order valence-electron chi connectivity index (χ3n) is 5.88. The molecule has 4 aromatic rings. The highest BCUT2D eigenvalue weighted by Gasteiger charge is 2.27. The maximum atomic E-state index is 13.1. The molecule has 0 bridgehead atoms. The summed E-state index contributed by atoms with van der Waals surface area (Å²) in [5.74, 6) is 0.214. The third-order valence-corrected chi connectivity index (χ3v) is 5.88. The number of likely N-dealkylation sites (tertiary alicyclic amines) is 1. The van der Waals surface area contributed by atoms with Gasteiger partial charge in [0.1, 0.15) is 5.52 Å². The highest BCUT2D eigenvalue weighted by molar-refractivity contribution is 6.07. The number of nitrogens with two attached hydrogens (primary N) is 1. The largest absolute Gasteiger partial charge is 0.369 e. The first-order valence-corrected chi connectivity index (χ1v) is 10.3. The van der Waals surface area contributed by atoms with Crippen molar-refractivity contribution in [3.63, 3.8) is 0 Å². The normalized spacial score (nSPS) is 14.8. The molecule has 3 heterocycles. The van der Waals surface area contributed by atoms with Gasteiger partial charge in [0.15, 0.2) is 5.82 Å². The number of aromatic amines is 1. The Morgan fingerprint density at radius 1 is 1.10 bits per heavy atom. The number of fused-ring (bicyclic) bond motifs is 2. The Morgan fingerprint density at radius 2 is 1.94 bits per heavy atom. The zero-order chi connectivity index (χ0) is 21.4. The molecule has 0 atom stereocenters. The van der Waals surface area contributed by atoms with E-state index in [9.17, 15) is 9.59 Å². The number of piperidine rings is 1. The van der Waals surface area contributed by atoms with E-state index < -0.39 is 0 Å². The number of pyridine rings is 1. The van der Waals surface area contributed by atoms with E-state index in [4.69, 9.17) is 5.73 Å². The van der Waals surface area contributed by atoms with Crippen molar-refractivity contribution in [2.75, 3.05) is 18.4 Å².